The smallest absolute Gasteiger partial charge is 0.224 e. The van der Waals surface area contributed by atoms with Gasteiger partial charge in [-0.15, -0.1) is 0 Å². The lowest BCUT2D eigenvalue weighted by Crippen LogP contribution is -2.19. The number of nitrogens with zero attached hydrogens (tertiary/aromatic N) is 2. The number of hydrogen-bond acceptors (Lipinski definition) is 4. The summed E-state index contributed by atoms with van der Waals surface area (Å²) in [6.45, 7) is 0. The molecule has 0 fully saturated rings. The van der Waals surface area contributed by atoms with E-state index in [1.165, 1.54) is 0 Å². The lowest BCUT2D eigenvalue weighted by atomic mass is 9.96. The molecule has 5 nitrogen and oxygen atoms in total. The Morgan fingerprint density at radius 2 is 2.00 bits per heavy atom. The van der Waals surface area contributed by atoms with Gasteiger partial charge in [0.15, 0.2) is 0 Å². The minimum Gasteiger partial charge on any atom is -0.388 e. The summed E-state index contributed by atoms with van der Waals surface area (Å²) < 4.78 is 1.99. The Balaban J connectivity index is 1.51. The number of imidazole rings is 1. The van der Waals surface area contributed by atoms with Crippen molar-refractivity contribution in [2.75, 3.05) is 5.32 Å². The molecule has 0 saturated heterocycles. The average molecular weight is 379 g/mol. The number of benzene rings is 2. The van der Waals surface area contributed by atoms with Crippen LogP contribution in [0.5, 0.6) is 0 Å². The molecule has 0 bridgehead atoms. The summed E-state index contributed by atoms with van der Waals surface area (Å²) in [4.78, 5) is 15.9. The molecule has 1 aromatic heterocycles. The molecule has 2 unspecified atom stereocenters. The van der Waals surface area contributed by atoms with E-state index in [1.807, 2.05) is 59.3 Å². The van der Waals surface area contributed by atoms with Crippen molar-refractivity contribution in [1.82, 2.24) is 9.55 Å². The van der Waals surface area contributed by atoms with Gasteiger partial charge in [0.2, 0.25) is 5.91 Å². The molecular formula is C21H21N3O2S. The highest BCUT2D eigenvalue weighted by molar-refractivity contribution is 7.80. The highest BCUT2D eigenvalue weighted by Crippen LogP contribution is 2.33. The van der Waals surface area contributed by atoms with Crippen LogP contribution in [-0.2, 0) is 11.2 Å². The third-order valence-corrected chi connectivity index (χ3v) is 5.30. The maximum absolute atomic E-state index is 11.5. The summed E-state index contributed by atoms with van der Waals surface area (Å²) in [6.07, 6.45) is 4.62. The van der Waals surface area contributed by atoms with Gasteiger partial charge >= 0.3 is 0 Å². The minimum atomic E-state index is -0.656. The zero-order chi connectivity index (χ0) is 18.8. The van der Waals surface area contributed by atoms with Gasteiger partial charge in [0.1, 0.15) is 5.82 Å². The second-order valence-electron chi connectivity index (χ2n) is 6.72. The molecule has 2 atom stereocenters. The third kappa shape index (κ3) is 3.77. The monoisotopic (exact) mass is 379 g/mol. The summed E-state index contributed by atoms with van der Waals surface area (Å²) in [7, 11) is 0. The van der Waals surface area contributed by atoms with Crippen molar-refractivity contribution in [3.8, 4) is 5.69 Å². The van der Waals surface area contributed by atoms with Gasteiger partial charge in [-0.2, -0.15) is 12.6 Å². The number of carbonyl (C=O) groups excluding carboxylic acids is 1. The van der Waals surface area contributed by atoms with Crippen LogP contribution < -0.4 is 5.32 Å². The fraction of sp³-hybridized carbons (Fsp3) is 0.238. The van der Waals surface area contributed by atoms with Crippen molar-refractivity contribution in [1.29, 1.82) is 0 Å². The highest BCUT2D eigenvalue weighted by Gasteiger charge is 2.21. The van der Waals surface area contributed by atoms with E-state index in [1.54, 1.807) is 6.20 Å². The lowest BCUT2D eigenvalue weighted by Gasteiger charge is -2.21. The van der Waals surface area contributed by atoms with Crippen LogP contribution in [0.1, 0.15) is 41.1 Å². The predicted molar refractivity (Wildman–Crippen MR) is 108 cm³/mol. The molecule has 0 saturated carbocycles. The Labute approximate surface area is 163 Å². The Morgan fingerprint density at radius 3 is 2.81 bits per heavy atom. The maximum atomic E-state index is 11.5. The first-order valence-corrected chi connectivity index (χ1v) is 9.51. The standard InChI is InChI=1S/C21H21N3O2S/c25-18(15-6-8-17-14(12-15)7-9-20(26)23-17)13-19(27)21-22-10-11-24(21)16-4-2-1-3-5-16/h1-6,8,10-12,18-19,25,27H,7,9,13H2,(H,23,26). The molecule has 2 heterocycles. The fourth-order valence-corrected chi connectivity index (χ4v) is 3.82. The molecule has 6 heteroatoms. The molecule has 1 aliphatic heterocycles. The lowest BCUT2D eigenvalue weighted by molar-refractivity contribution is -0.116. The summed E-state index contributed by atoms with van der Waals surface area (Å²) in [5.74, 6) is 0.841. The Morgan fingerprint density at radius 1 is 1.19 bits per heavy atom. The summed E-state index contributed by atoms with van der Waals surface area (Å²) in [5, 5.41) is 13.4. The van der Waals surface area contributed by atoms with Crippen LogP contribution in [0.3, 0.4) is 0 Å². The molecule has 3 aromatic rings. The van der Waals surface area contributed by atoms with Crippen LogP contribution in [0.25, 0.3) is 5.69 Å². The zero-order valence-electron chi connectivity index (χ0n) is 14.7. The number of aliphatic hydroxyl groups excluding tert-OH is 1. The van der Waals surface area contributed by atoms with Crippen LogP contribution in [0, 0.1) is 0 Å². The predicted octanol–water partition coefficient (Wildman–Crippen LogP) is 3.85. The van der Waals surface area contributed by atoms with Crippen molar-refractivity contribution in [2.45, 2.75) is 30.6 Å². The van der Waals surface area contributed by atoms with Gasteiger partial charge in [-0.25, -0.2) is 4.98 Å². The van der Waals surface area contributed by atoms with Crippen molar-refractivity contribution < 1.29 is 9.90 Å². The minimum absolute atomic E-state index is 0.0407. The van der Waals surface area contributed by atoms with Crippen LogP contribution >= 0.6 is 12.6 Å². The molecule has 2 aromatic carbocycles. The number of aliphatic hydroxyl groups is 1. The number of rotatable bonds is 5. The van der Waals surface area contributed by atoms with Gasteiger partial charge in [-0.1, -0.05) is 30.3 Å². The molecule has 138 valence electrons. The van der Waals surface area contributed by atoms with Gasteiger partial charge < -0.3 is 15.0 Å². The van der Waals surface area contributed by atoms with E-state index in [0.29, 0.717) is 19.3 Å². The van der Waals surface area contributed by atoms with Gasteiger partial charge in [0.25, 0.3) is 0 Å². The molecular weight excluding hydrogens is 358 g/mol. The van der Waals surface area contributed by atoms with Gasteiger partial charge in [0, 0.05) is 30.2 Å². The number of aromatic nitrogens is 2. The summed E-state index contributed by atoms with van der Waals surface area (Å²) in [6, 6.07) is 15.7. The molecule has 4 rings (SSSR count). The van der Waals surface area contributed by atoms with E-state index < -0.39 is 6.10 Å². The molecule has 0 radical (unpaired) electrons. The molecule has 1 amide bonds. The first kappa shape index (κ1) is 17.8. The number of para-hydroxylation sites is 1. The molecule has 0 aliphatic carbocycles. The molecule has 0 spiro atoms. The highest BCUT2D eigenvalue weighted by atomic mass is 32.1. The average Bonchev–Trinajstić information content (AvgIpc) is 3.18. The fourth-order valence-electron chi connectivity index (χ4n) is 3.43. The van der Waals surface area contributed by atoms with E-state index in [2.05, 4.69) is 10.3 Å². The van der Waals surface area contributed by atoms with Crippen molar-refractivity contribution in [3.05, 3.63) is 77.9 Å². The van der Waals surface area contributed by atoms with Crippen molar-refractivity contribution in [3.63, 3.8) is 0 Å². The van der Waals surface area contributed by atoms with E-state index >= 15 is 0 Å². The number of amides is 1. The number of anilines is 1. The van der Waals surface area contributed by atoms with E-state index in [-0.39, 0.29) is 11.2 Å². The number of thiol groups is 1. The number of fused-ring (bicyclic) bond motifs is 1. The normalized spacial score (nSPS) is 15.7. The number of carbonyl (C=O) groups is 1. The SMILES string of the molecule is O=C1CCc2cc(C(O)CC(S)c3nccn3-c3ccccc3)ccc2N1. The first-order valence-electron chi connectivity index (χ1n) is 8.99. The zero-order valence-corrected chi connectivity index (χ0v) is 15.6. The van der Waals surface area contributed by atoms with E-state index in [4.69, 9.17) is 12.6 Å². The third-order valence-electron chi connectivity index (χ3n) is 4.86. The second-order valence-corrected chi connectivity index (χ2v) is 7.35. The second kappa shape index (κ2) is 7.58. The topological polar surface area (TPSA) is 67.1 Å². The van der Waals surface area contributed by atoms with Gasteiger partial charge in [-0.3, -0.25) is 4.79 Å². The van der Waals surface area contributed by atoms with Crippen molar-refractivity contribution >= 4 is 24.2 Å². The number of nitrogens with one attached hydrogen (secondary N) is 1. The van der Waals surface area contributed by atoms with Crippen LogP contribution in [0.4, 0.5) is 5.69 Å². The van der Waals surface area contributed by atoms with E-state index in [0.717, 1.165) is 28.3 Å². The molecule has 1 aliphatic rings. The van der Waals surface area contributed by atoms with Crippen LogP contribution in [0.2, 0.25) is 0 Å². The summed E-state index contributed by atoms with van der Waals surface area (Å²) >= 11 is 4.71. The Kier molecular flexibility index (Phi) is 5.01. The Bertz CT molecular complexity index is 955. The number of aryl methyl sites for hydroxylation is 1. The first-order chi connectivity index (χ1) is 13.1. The largest absolute Gasteiger partial charge is 0.388 e. The molecule has 2 N–H and O–H groups in total. The Hall–Kier alpha value is -2.57. The summed E-state index contributed by atoms with van der Waals surface area (Å²) in [5.41, 5.74) is 3.75. The number of hydrogen-bond donors (Lipinski definition) is 3. The maximum Gasteiger partial charge on any atom is 0.224 e. The van der Waals surface area contributed by atoms with Crippen LogP contribution in [0.15, 0.2) is 60.9 Å². The van der Waals surface area contributed by atoms with E-state index in [9.17, 15) is 9.90 Å². The quantitative estimate of drug-likeness (QED) is 0.590. The molecule has 27 heavy (non-hydrogen) atoms. The van der Waals surface area contributed by atoms with Crippen molar-refractivity contribution in [2.24, 2.45) is 0 Å². The van der Waals surface area contributed by atoms with Gasteiger partial charge in [-0.05, 0) is 42.2 Å². The van der Waals surface area contributed by atoms with Crippen LogP contribution in [-0.4, -0.2) is 20.6 Å². The van der Waals surface area contributed by atoms with Gasteiger partial charge in [0.05, 0.1) is 11.4 Å².